The molecule has 0 saturated carbocycles. The number of nitrogens with one attached hydrogen (secondary N) is 1. The number of benzene rings is 1. The first kappa shape index (κ1) is 16.0. The Hall–Kier alpha value is -1.37. The van der Waals surface area contributed by atoms with Crippen LogP contribution in [0.15, 0.2) is 12.1 Å². The van der Waals surface area contributed by atoms with Gasteiger partial charge in [-0.3, -0.25) is 14.9 Å². The molecular weight excluding hydrogens is 319 g/mol. The highest BCUT2D eigenvalue weighted by molar-refractivity contribution is 6.43. The Morgan fingerprint density at radius 2 is 2.24 bits per heavy atom. The van der Waals surface area contributed by atoms with Gasteiger partial charge in [0.25, 0.3) is 11.6 Å². The topological polar surface area (TPSA) is 81.5 Å². The number of rotatable bonds is 4. The maximum Gasteiger partial charge on any atom is 0.290 e. The smallest absolute Gasteiger partial charge is 0.290 e. The zero-order valence-corrected chi connectivity index (χ0v) is 12.6. The molecule has 1 aromatic carbocycles. The van der Waals surface area contributed by atoms with Gasteiger partial charge < -0.3 is 10.1 Å². The molecule has 1 atom stereocenters. The first-order chi connectivity index (χ1) is 9.99. The number of nitrogens with zero attached hydrogens (tertiary/aromatic N) is 1. The number of hydrogen-bond acceptors (Lipinski definition) is 4. The van der Waals surface area contributed by atoms with E-state index in [1.165, 1.54) is 6.07 Å². The van der Waals surface area contributed by atoms with Gasteiger partial charge in [0.1, 0.15) is 5.02 Å². The van der Waals surface area contributed by atoms with Gasteiger partial charge in [-0.1, -0.05) is 23.2 Å². The average Bonchev–Trinajstić information content (AvgIpc) is 2.48. The van der Waals surface area contributed by atoms with E-state index in [-0.39, 0.29) is 27.2 Å². The monoisotopic (exact) mass is 332 g/mol. The fourth-order valence-corrected chi connectivity index (χ4v) is 2.54. The van der Waals surface area contributed by atoms with Gasteiger partial charge in [-0.05, 0) is 24.8 Å². The summed E-state index contributed by atoms with van der Waals surface area (Å²) in [6.07, 6.45) is 1.96. The second kappa shape index (κ2) is 7.06. The fourth-order valence-electron chi connectivity index (χ4n) is 2.15. The lowest BCUT2D eigenvalue weighted by atomic mass is 10.0. The Morgan fingerprint density at radius 1 is 1.48 bits per heavy atom. The van der Waals surface area contributed by atoms with Crippen molar-refractivity contribution in [2.24, 2.45) is 5.92 Å². The standard InChI is InChI=1S/C13H14Cl2N2O4/c14-10-4-9(5-11(12(10)15)17(19)20)13(18)16-6-8-2-1-3-21-7-8/h4-5,8H,1-3,6-7H2,(H,16,18). The van der Waals surface area contributed by atoms with Crippen molar-refractivity contribution >= 4 is 34.8 Å². The molecule has 0 aliphatic carbocycles. The van der Waals surface area contributed by atoms with E-state index < -0.39 is 10.8 Å². The molecule has 1 aromatic rings. The first-order valence-electron chi connectivity index (χ1n) is 6.48. The van der Waals surface area contributed by atoms with Crippen LogP contribution in [0.1, 0.15) is 23.2 Å². The summed E-state index contributed by atoms with van der Waals surface area (Å²) in [5.74, 6) is -0.150. The third-order valence-electron chi connectivity index (χ3n) is 3.27. The van der Waals surface area contributed by atoms with Crippen molar-refractivity contribution in [1.29, 1.82) is 0 Å². The van der Waals surface area contributed by atoms with Gasteiger partial charge in [0.05, 0.1) is 16.6 Å². The van der Waals surface area contributed by atoms with E-state index in [0.29, 0.717) is 13.2 Å². The van der Waals surface area contributed by atoms with Crippen LogP contribution in [-0.2, 0) is 4.74 Å². The molecule has 0 radical (unpaired) electrons. The van der Waals surface area contributed by atoms with Crippen LogP contribution in [-0.4, -0.2) is 30.6 Å². The predicted molar refractivity (Wildman–Crippen MR) is 79.0 cm³/mol. The van der Waals surface area contributed by atoms with E-state index >= 15 is 0 Å². The number of nitro groups is 1. The molecule has 1 aliphatic rings. The van der Waals surface area contributed by atoms with Gasteiger partial charge in [-0.2, -0.15) is 0 Å². The molecule has 1 saturated heterocycles. The highest BCUT2D eigenvalue weighted by atomic mass is 35.5. The van der Waals surface area contributed by atoms with Crippen LogP contribution < -0.4 is 5.32 Å². The van der Waals surface area contributed by atoms with Crippen molar-refractivity contribution in [3.05, 3.63) is 37.9 Å². The van der Waals surface area contributed by atoms with E-state index in [2.05, 4.69) is 5.32 Å². The minimum atomic E-state index is -0.667. The number of carbonyl (C=O) groups excluding carboxylic acids is 1. The number of amides is 1. The van der Waals surface area contributed by atoms with Crippen molar-refractivity contribution < 1.29 is 14.5 Å². The third-order valence-corrected chi connectivity index (χ3v) is 4.07. The first-order valence-corrected chi connectivity index (χ1v) is 7.24. The van der Waals surface area contributed by atoms with Crippen LogP contribution in [0.3, 0.4) is 0 Å². The van der Waals surface area contributed by atoms with Crippen molar-refractivity contribution in [3.63, 3.8) is 0 Å². The largest absolute Gasteiger partial charge is 0.381 e. The molecule has 1 aliphatic heterocycles. The van der Waals surface area contributed by atoms with Gasteiger partial charge in [0, 0.05) is 24.8 Å². The molecule has 0 spiro atoms. The van der Waals surface area contributed by atoms with Crippen molar-refractivity contribution in [2.75, 3.05) is 19.8 Å². The maximum atomic E-state index is 12.0. The predicted octanol–water partition coefficient (Wildman–Crippen LogP) is 3.06. The van der Waals surface area contributed by atoms with Gasteiger partial charge >= 0.3 is 0 Å². The summed E-state index contributed by atoms with van der Waals surface area (Å²) in [4.78, 5) is 22.3. The molecule has 0 bridgehead atoms. The molecule has 8 heteroatoms. The van der Waals surface area contributed by atoms with E-state index in [0.717, 1.165) is 25.5 Å². The van der Waals surface area contributed by atoms with Crippen LogP contribution in [0.5, 0.6) is 0 Å². The molecule has 1 amide bonds. The molecule has 1 fully saturated rings. The molecule has 1 heterocycles. The van der Waals surface area contributed by atoms with Crippen molar-refractivity contribution in [1.82, 2.24) is 5.32 Å². The lowest BCUT2D eigenvalue weighted by Gasteiger charge is -2.22. The minimum Gasteiger partial charge on any atom is -0.381 e. The van der Waals surface area contributed by atoms with E-state index in [4.69, 9.17) is 27.9 Å². The average molecular weight is 333 g/mol. The molecule has 6 nitrogen and oxygen atoms in total. The number of carbonyl (C=O) groups is 1. The van der Waals surface area contributed by atoms with Crippen LogP contribution >= 0.6 is 23.2 Å². The molecule has 21 heavy (non-hydrogen) atoms. The highest BCUT2D eigenvalue weighted by Gasteiger charge is 2.21. The Labute approximate surface area is 131 Å². The summed E-state index contributed by atoms with van der Waals surface area (Å²) in [5.41, 5.74) is -0.261. The second-order valence-electron chi connectivity index (χ2n) is 4.84. The number of ether oxygens (including phenoxy) is 1. The lowest BCUT2D eigenvalue weighted by Crippen LogP contribution is -2.33. The van der Waals surface area contributed by atoms with Crippen molar-refractivity contribution in [2.45, 2.75) is 12.8 Å². The van der Waals surface area contributed by atoms with Gasteiger partial charge in [0.2, 0.25) is 0 Å². The number of nitro benzene ring substituents is 1. The molecular formula is C13H14Cl2N2O4. The molecule has 0 aromatic heterocycles. The third kappa shape index (κ3) is 4.06. The van der Waals surface area contributed by atoms with Crippen LogP contribution in [0.25, 0.3) is 0 Å². The van der Waals surface area contributed by atoms with Gasteiger partial charge in [0.15, 0.2) is 0 Å². The lowest BCUT2D eigenvalue weighted by molar-refractivity contribution is -0.384. The second-order valence-corrected chi connectivity index (χ2v) is 5.63. The van der Waals surface area contributed by atoms with Gasteiger partial charge in [-0.25, -0.2) is 0 Å². The minimum absolute atomic E-state index is 0.0167. The number of hydrogen-bond donors (Lipinski definition) is 1. The Bertz CT molecular complexity index is 559. The SMILES string of the molecule is O=C(NCC1CCCOC1)c1cc(Cl)c(Cl)c([N+](=O)[O-])c1. The molecule has 1 unspecified atom stereocenters. The molecule has 114 valence electrons. The van der Waals surface area contributed by atoms with E-state index in [9.17, 15) is 14.9 Å². The summed E-state index contributed by atoms with van der Waals surface area (Å²) in [5, 5.41) is 13.4. The van der Waals surface area contributed by atoms with Gasteiger partial charge in [-0.15, -0.1) is 0 Å². The maximum absolute atomic E-state index is 12.0. The Morgan fingerprint density at radius 3 is 2.86 bits per heavy atom. The van der Waals surface area contributed by atoms with Crippen molar-refractivity contribution in [3.8, 4) is 0 Å². The van der Waals surface area contributed by atoms with Crippen LogP contribution in [0.4, 0.5) is 5.69 Å². The van der Waals surface area contributed by atoms with Crippen LogP contribution in [0.2, 0.25) is 10.0 Å². The highest BCUT2D eigenvalue weighted by Crippen LogP contribution is 2.33. The van der Waals surface area contributed by atoms with E-state index in [1.807, 2.05) is 0 Å². The molecule has 1 N–H and O–H groups in total. The zero-order valence-electron chi connectivity index (χ0n) is 11.1. The van der Waals surface area contributed by atoms with E-state index in [1.54, 1.807) is 0 Å². The summed E-state index contributed by atoms with van der Waals surface area (Å²) in [6.45, 7) is 1.83. The molecule has 2 rings (SSSR count). The zero-order chi connectivity index (χ0) is 15.4. The summed E-state index contributed by atoms with van der Waals surface area (Å²) in [7, 11) is 0. The van der Waals surface area contributed by atoms with Crippen LogP contribution in [0, 0.1) is 16.0 Å². The summed E-state index contributed by atoms with van der Waals surface area (Å²) < 4.78 is 5.33. The number of halogens is 2. The Kier molecular flexibility index (Phi) is 5.39. The summed E-state index contributed by atoms with van der Waals surface area (Å²) >= 11 is 11.6. The summed E-state index contributed by atoms with van der Waals surface area (Å²) in [6, 6.07) is 2.45. The quantitative estimate of drug-likeness (QED) is 0.678. The normalized spacial score (nSPS) is 18.3. The fraction of sp³-hybridized carbons (Fsp3) is 0.462. The Balaban J connectivity index is 2.06.